The molecule has 0 saturated carbocycles. The second-order valence-electron chi connectivity index (χ2n) is 6.46. The fourth-order valence-electron chi connectivity index (χ4n) is 3.26. The standard InChI is InChI=1S/C22H19NO4S/c1-26-17-10-8-16(9-11-17)23(14-18-6-4-12-28-18)21(24)20-13-15-5-2-3-7-19(15)22(25)27-20/h2-12,20H,13-14H2,1H3/t20-/m1/s1. The van der Waals surface area contributed by atoms with Crippen LogP contribution in [0.4, 0.5) is 5.69 Å². The van der Waals surface area contributed by atoms with Gasteiger partial charge in [0, 0.05) is 17.0 Å². The summed E-state index contributed by atoms with van der Waals surface area (Å²) in [5.74, 6) is 0.0257. The molecule has 1 aromatic heterocycles. The number of methoxy groups -OCH3 is 1. The third-order valence-corrected chi connectivity index (χ3v) is 5.57. The molecule has 0 unspecified atom stereocenters. The zero-order valence-electron chi connectivity index (χ0n) is 15.3. The Labute approximate surface area is 167 Å². The minimum Gasteiger partial charge on any atom is -0.497 e. The number of hydrogen-bond donors (Lipinski definition) is 0. The van der Waals surface area contributed by atoms with Gasteiger partial charge in [0.1, 0.15) is 5.75 Å². The Kier molecular flexibility index (Phi) is 5.12. The average molecular weight is 393 g/mol. The smallest absolute Gasteiger partial charge is 0.339 e. The lowest BCUT2D eigenvalue weighted by Crippen LogP contribution is -2.44. The lowest BCUT2D eigenvalue weighted by molar-refractivity contribution is -0.127. The molecule has 1 aliphatic rings. The maximum atomic E-state index is 13.4. The first-order valence-corrected chi connectivity index (χ1v) is 9.80. The molecule has 2 heterocycles. The van der Waals surface area contributed by atoms with Crippen molar-refractivity contribution in [3.8, 4) is 5.75 Å². The fourth-order valence-corrected chi connectivity index (χ4v) is 3.95. The topological polar surface area (TPSA) is 55.8 Å². The monoisotopic (exact) mass is 393 g/mol. The van der Waals surface area contributed by atoms with E-state index >= 15 is 0 Å². The van der Waals surface area contributed by atoms with Crippen LogP contribution in [-0.4, -0.2) is 25.1 Å². The van der Waals surface area contributed by atoms with Crippen molar-refractivity contribution < 1.29 is 19.1 Å². The Morgan fingerprint density at radius 1 is 1.14 bits per heavy atom. The van der Waals surface area contributed by atoms with Gasteiger partial charge in [0.2, 0.25) is 0 Å². The number of cyclic esters (lactones) is 1. The van der Waals surface area contributed by atoms with Crippen LogP contribution in [0, 0.1) is 0 Å². The van der Waals surface area contributed by atoms with Crippen molar-refractivity contribution in [3.05, 3.63) is 82.0 Å². The van der Waals surface area contributed by atoms with E-state index in [1.54, 1.807) is 35.5 Å². The summed E-state index contributed by atoms with van der Waals surface area (Å²) in [7, 11) is 1.60. The van der Waals surface area contributed by atoms with Gasteiger partial charge < -0.3 is 14.4 Å². The quantitative estimate of drug-likeness (QED) is 0.613. The number of hydrogen-bond acceptors (Lipinski definition) is 5. The van der Waals surface area contributed by atoms with E-state index < -0.39 is 12.1 Å². The highest BCUT2D eigenvalue weighted by molar-refractivity contribution is 7.09. The fraction of sp³-hybridized carbons (Fsp3) is 0.182. The molecule has 4 rings (SSSR count). The number of carbonyl (C=O) groups is 2. The first-order valence-electron chi connectivity index (χ1n) is 8.92. The highest BCUT2D eigenvalue weighted by Gasteiger charge is 2.34. The minimum atomic E-state index is -0.843. The number of amides is 1. The molecular formula is C22H19NO4S. The number of thiophene rings is 1. The summed E-state index contributed by atoms with van der Waals surface area (Å²) in [4.78, 5) is 28.4. The lowest BCUT2D eigenvalue weighted by Gasteiger charge is -2.30. The number of esters is 1. The highest BCUT2D eigenvalue weighted by atomic mass is 32.1. The Bertz CT molecular complexity index is 982. The maximum Gasteiger partial charge on any atom is 0.339 e. The molecule has 5 nitrogen and oxygen atoms in total. The summed E-state index contributed by atoms with van der Waals surface area (Å²) in [6.07, 6.45) is -0.470. The second-order valence-corrected chi connectivity index (χ2v) is 7.49. The van der Waals surface area contributed by atoms with Gasteiger partial charge in [0.15, 0.2) is 6.10 Å². The summed E-state index contributed by atoms with van der Waals surface area (Å²) in [5.41, 5.74) is 2.10. The summed E-state index contributed by atoms with van der Waals surface area (Å²) in [6.45, 7) is 0.415. The molecule has 3 aromatic rings. The normalized spacial score (nSPS) is 15.5. The van der Waals surface area contributed by atoms with Crippen LogP contribution in [-0.2, 0) is 22.5 Å². The van der Waals surface area contributed by atoms with Gasteiger partial charge in [-0.2, -0.15) is 0 Å². The average Bonchev–Trinajstić information content (AvgIpc) is 3.25. The molecule has 0 aliphatic carbocycles. The molecule has 142 valence electrons. The van der Waals surface area contributed by atoms with Gasteiger partial charge in [-0.05, 0) is 47.3 Å². The molecule has 1 aliphatic heterocycles. The third-order valence-electron chi connectivity index (χ3n) is 4.71. The van der Waals surface area contributed by atoms with Gasteiger partial charge in [0.05, 0.1) is 19.2 Å². The number of nitrogens with zero attached hydrogens (tertiary/aromatic N) is 1. The molecule has 1 atom stereocenters. The van der Waals surface area contributed by atoms with Crippen LogP contribution in [0.1, 0.15) is 20.8 Å². The molecule has 6 heteroatoms. The summed E-state index contributed by atoms with van der Waals surface area (Å²) < 4.78 is 10.7. The molecule has 0 saturated heterocycles. The van der Waals surface area contributed by atoms with E-state index in [1.807, 2.05) is 53.9 Å². The van der Waals surface area contributed by atoms with Gasteiger partial charge in [0.25, 0.3) is 5.91 Å². The predicted octanol–water partition coefficient (Wildman–Crippen LogP) is 4.07. The largest absolute Gasteiger partial charge is 0.497 e. The lowest BCUT2D eigenvalue weighted by atomic mass is 9.98. The molecule has 0 bridgehead atoms. The number of benzene rings is 2. The maximum absolute atomic E-state index is 13.4. The van der Waals surface area contributed by atoms with E-state index in [4.69, 9.17) is 9.47 Å². The van der Waals surface area contributed by atoms with E-state index in [0.29, 0.717) is 24.3 Å². The zero-order chi connectivity index (χ0) is 19.5. The van der Waals surface area contributed by atoms with Crippen molar-refractivity contribution in [2.24, 2.45) is 0 Å². The van der Waals surface area contributed by atoms with Crippen molar-refractivity contribution in [3.63, 3.8) is 0 Å². The molecule has 0 spiro atoms. The molecule has 28 heavy (non-hydrogen) atoms. The first-order chi connectivity index (χ1) is 13.7. The van der Waals surface area contributed by atoms with Crippen LogP contribution in [0.3, 0.4) is 0 Å². The van der Waals surface area contributed by atoms with E-state index in [-0.39, 0.29) is 5.91 Å². The van der Waals surface area contributed by atoms with Crippen molar-refractivity contribution in [1.29, 1.82) is 0 Å². The Morgan fingerprint density at radius 3 is 2.64 bits per heavy atom. The zero-order valence-corrected chi connectivity index (χ0v) is 16.1. The molecule has 0 fully saturated rings. The van der Waals surface area contributed by atoms with Gasteiger partial charge in [-0.3, -0.25) is 4.79 Å². The van der Waals surface area contributed by atoms with Crippen molar-refractivity contribution in [2.75, 3.05) is 12.0 Å². The van der Waals surface area contributed by atoms with Crippen LogP contribution >= 0.6 is 11.3 Å². The Hall–Kier alpha value is -3.12. The number of anilines is 1. The Balaban J connectivity index is 1.64. The van der Waals surface area contributed by atoms with E-state index in [1.165, 1.54) is 0 Å². The van der Waals surface area contributed by atoms with Gasteiger partial charge in [-0.1, -0.05) is 24.3 Å². The molecule has 0 radical (unpaired) electrons. The molecular weight excluding hydrogens is 374 g/mol. The van der Waals surface area contributed by atoms with Gasteiger partial charge in [-0.15, -0.1) is 11.3 Å². The summed E-state index contributed by atoms with van der Waals surface area (Å²) in [6, 6.07) is 18.5. The third kappa shape index (κ3) is 3.64. The molecule has 0 N–H and O–H groups in total. The summed E-state index contributed by atoms with van der Waals surface area (Å²) >= 11 is 1.58. The highest BCUT2D eigenvalue weighted by Crippen LogP contribution is 2.27. The van der Waals surface area contributed by atoms with Crippen molar-refractivity contribution in [1.82, 2.24) is 0 Å². The van der Waals surface area contributed by atoms with Crippen LogP contribution in [0.25, 0.3) is 0 Å². The van der Waals surface area contributed by atoms with Crippen molar-refractivity contribution in [2.45, 2.75) is 19.1 Å². The first kappa shape index (κ1) is 18.3. The van der Waals surface area contributed by atoms with Gasteiger partial charge in [-0.25, -0.2) is 4.79 Å². The second kappa shape index (κ2) is 7.86. The number of ether oxygens (including phenoxy) is 2. The van der Waals surface area contributed by atoms with Crippen molar-refractivity contribution >= 4 is 28.9 Å². The minimum absolute atomic E-state index is 0.235. The van der Waals surface area contributed by atoms with Crippen LogP contribution < -0.4 is 9.64 Å². The molecule has 2 aromatic carbocycles. The number of fused-ring (bicyclic) bond motifs is 1. The predicted molar refractivity (Wildman–Crippen MR) is 108 cm³/mol. The number of rotatable bonds is 5. The summed E-state index contributed by atoms with van der Waals surface area (Å²) in [5, 5.41) is 1.98. The number of carbonyl (C=O) groups excluding carboxylic acids is 2. The van der Waals surface area contributed by atoms with Crippen LogP contribution in [0.5, 0.6) is 5.75 Å². The van der Waals surface area contributed by atoms with E-state index in [9.17, 15) is 9.59 Å². The Morgan fingerprint density at radius 2 is 1.93 bits per heavy atom. The van der Waals surface area contributed by atoms with E-state index in [2.05, 4.69) is 0 Å². The molecule has 1 amide bonds. The SMILES string of the molecule is COc1ccc(N(Cc2cccs2)C(=O)[C@H]2Cc3ccccc3C(=O)O2)cc1. The van der Waals surface area contributed by atoms with Gasteiger partial charge >= 0.3 is 5.97 Å². The van der Waals surface area contributed by atoms with Crippen LogP contribution in [0.15, 0.2) is 66.0 Å². The van der Waals surface area contributed by atoms with Crippen LogP contribution in [0.2, 0.25) is 0 Å². The van der Waals surface area contributed by atoms with E-state index in [0.717, 1.165) is 16.1 Å².